The number of hydrogen-bond acceptors (Lipinski definition) is 3. The Kier molecular flexibility index (Phi) is 4.90. The molecular weight excluding hydrogens is 292 g/mol. The van der Waals surface area contributed by atoms with Gasteiger partial charge in [0.2, 0.25) is 5.91 Å². The first kappa shape index (κ1) is 15.3. The molecule has 1 amide bonds. The number of fused-ring (bicyclic) bond motifs is 1. The first-order valence-corrected chi connectivity index (χ1v) is 8.73. The van der Waals surface area contributed by atoms with Gasteiger partial charge in [0.25, 0.3) is 0 Å². The number of rotatable bonds is 5. The fraction of sp³-hybridized carbons (Fsp3) is 0.389. The highest BCUT2D eigenvalue weighted by Crippen LogP contribution is 2.32. The minimum atomic E-state index is 0.126. The number of thiophene rings is 1. The summed E-state index contributed by atoms with van der Waals surface area (Å²) in [5.41, 5.74) is 2.66. The van der Waals surface area contributed by atoms with Crippen LogP contribution in [0.4, 0.5) is 0 Å². The lowest BCUT2D eigenvalue weighted by molar-refractivity contribution is -0.122. The second kappa shape index (κ2) is 7.07. The molecule has 0 spiro atoms. The predicted octanol–water partition coefficient (Wildman–Crippen LogP) is 3.03. The fourth-order valence-corrected chi connectivity index (χ4v) is 3.97. The summed E-state index contributed by atoms with van der Waals surface area (Å²) >= 11 is 1.83. The van der Waals surface area contributed by atoms with Crippen LogP contribution in [-0.4, -0.2) is 30.4 Å². The molecule has 1 aromatic heterocycles. The van der Waals surface area contributed by atoms with E-state index in [1.165, 1.54) is 16.0 Å². The highest BCUT2D eigenvalue weighted by atomic mass is 32.1. The molecule has 0 unspecified atom stereocenters. The standard InChI is InChI=1S/C18H22N2OS/c1-14-16-9-12-22-17(16)8-11-20(14)13-18(21)19-10-7-15-5-3-2-4-6-15/h2-6,9,12,14H,7-8,10-11,13H2,1H3,(H,19,21)/t14-/m0/s1. The van der Waals surface area contributed by atoms with Crippen molar-refractivity contribution in [3.63, 3.8) is 0 Å². The summed E-state index contributed by atoms with van der Waals surface area (Å²) < 4.78 is 0. The van der Waals surface area contributed by atoms with E-state index in [9.17, 15) is 4.79 Å². The molecule has 0 saturated carbocycles. The topological polar surface area (TPSA) is 32.3 Å². The molecule has 4 heteroatoms. The predicted molar refractivity (Wildman–Crippen MR) is 91.2 cm³/mol. The monoisotopic (exact) mass is 314 g/mol. The summed E-state index contributed by atoms with van der Waals surface area (Å²) in [6.07, 6.45) is 1.95. The van der Waals surface area contributed by atoms with Crippen LogP contribution in [0.25, 0.3) is 0 Å². The molecule has 22 heavy (non-hydrogen) atoms. The SMILES string of the molecule is C[C@H]1c2ccsc2CCN1CC(=O)NCCc1ccccc1. The van der Waals surface area contributed by atoms with Crippen LogP contribution in [0.1, 0.15) is 29.0 Å². The molecule has 0 bridgehead atoms. The van der Waals surface area contributed by atoms with Gasteiger partial charge in [-0.15, -0.1) is 11.3 Å². The molecule has 1 atom stereocenters. The first-order valence-electron chi connectivity index (χ1n) is 7.85. The second-order valence-corrected chi connectivity index (χ2v) is 6.78. The molecule has 1 N–H and O–H groups in total. The van der Waals surface area contributed by atoms with Gasteiger partial charge in [-0.05, 0) is 42.3 Å². The molecule has 2 aromatic rings. The van der Waals surface area contributed by atoms with Crippen LogP contribution in [0.15, 0.2) is 41.8 Å². The van der Waals surface area contributed by atoms with Crippen molar-refractivity contribution in [3.05, 3.63) is 57.8 Å². The number of carbonyl (C=O) groups is 1. The zero-order valence-corrected chi connectivity index (χ0v) is 13.7. The van der Waals surface area contributed by atoms with Crippen LogP contribution >= 0.6 is 11.3 Å². The first-order chi connectivity index (χ1) is 10.7. The van der Waals surface area contributed by atoms with Crippen molar-refractivity contribution in [2.45, 2.75) is 25.8 Å². The lowest BCUT2D eigenvalue weighted by Gasteiger charge is -2.32. The van der Waals surface area contributed by atoms with Crippen LogP contribution in [-0.2, 0) is 17.6 Å². The Hall–Kier alpha value is -1.65. The van der Waals surface area contributed by atoms with E-state index in [0.29, 0.717) is 19.1 Å². The molecule has 0 aliphatic carbocycles. The van der Waals surface area contributed by atoms with Crippen LogP contribution in [0.3, 0.4) is 0 Å². The van der Waals surface area contributed by atoms with Crippen molar-refractivity contribution in [2.24, 2.45) is 0 Å². The molecular formula is C18H22N2OS. The Labute approximate surface area is 136 Å². The van der Waals surface area contributed by atoms with Crippen LogP contribution in [0.5, 0.6) is 0 Å². The van der Waals surface area contributed by atoms with Crippen molar-refractivity contribution in [3.8, 4) is 0 Å². The third kappa shape index (κ3) is 3.57. The van der Waals surface area contributed by atoms with Gasteiger partial charge in [0.1, 0.15) is 0 Å². The largest absolute Gasteiger partial charge is 0.355 e. The highest BCUT2D eigenvalue weighted by molar-refractivity contribution is 7.10. The molecule has 0 radical (unpaired) electrons. The minimum absolute atomic E-state index is 0.126. The minimum Gasteiger partial charge on any atom is -0.355 e. The van der Waals surface area contributed by atoms with Gasteiger partial charge in [-0.25, -0.2) is 0 Å². The molecule has 116 valence electrons. The zero-order valence-electron chi connectivity index (χ0n) is 12.9. The summed E-state index contributed by atoms with van der Waals surface area (Å²) in [6.45, 7) is 4.36. The third-order valence-electron chi connectivity index (χ3n) is 4.33. The van der Waals surface area contributed by atoms with E-state index < -0.39 is 0 Å². The van der Waals surface area contributed by atoms with Crippen molar-refractivity contribution in [1.29, 1.82) is 0 Å². The Morgan fingerprint density at radius 1 is 1.32 bits per heavy atom. The van der Waals surface area contributed by atoms with E-state index in [1.807, 2.05) is 29.5 Å². The van der Waals surface area contributed by atoms with Gasteiger partial charge < -0.3 is 5.32 Å². The highest BCUT2D eigenvalue weighted by Gasteiger charge is 2.25. The Morgan fingerprint density at radius 3 is 2.95 bits per heavy atom. The lowest BCUT2D eigenvalue weighted by Crippen LogP contribution is -2.41. The Bertz CT molecular complexity index is 623. The average Bonchev–Trinajstić information content (AvgIpc) is 3.01. The van der Waals surface area contributed by atoms with E-state index in [0.717, 1.165) is 19.4 Å². The van der Waals surface area contributed by atoms with Crippen molar-refractivity contribution in [2.75, 3.05) is 19.6 Å². The Balaban J connectivity index is 1.46. The number of nitrogens with one attached hydrogen (secondary N) is 1. The van der Waals surface area contributed by atoms with Gasteiger partial charge in [-0.3, -0.25) is 9.69 Å². The van der Waals surface area contributed by atoms with Crippen LogP contribution in [0.2, 0.25) is 0 Å². The molecule has 0 fully saturated rings. The normalized spacial score (nSPS) is 18.0. The number of amides is 1. The lowest BCUT2D eigenvalue weighted by atomic mass is 10.0. The molecule has 2 heterocycles. The van der Waals surface area contributed by atoms with E-state index >= 15 is 0 Å². The van der Waals surface area contributed by atoms with Crippen LogP contribution in [0, 0.1) is 0 Å². The summed E-state index contributed by atoms with van der Waals surface area (Å²) in [7, 11) is 0. The quantitative estimate of drug-likeness (QED) is 0.920. The molecule has 3 nitrogen and oxygen atoms in total. The fourth-order valence-electron chi connectivity index (χ4n) is 3.01. The van der Waals surface area contributed by atoms with E-state index in [1.54, 1.807) is 0 Å². The Morgan fingerprint density at radius 2 is 2.14 bits per heavy atom. The van der Waals surface area contributed by atoms with E-state index in [4.69, 9.17) is 0 Å². The average molecular weight is 314 g/mol. The number of carbonyl (C=O) groups excluding carboxylic acids is 1. The molecule has 0 saturated heterocycles. The van der Waals surface area contributed by atoms with Gasteiger partial charge in [-0.1, -0.05) is 30.3 Å². The van der Waals surface area contributed by atoms with Crippen molar-refractivity contribution in [1.82, 2.24) is 10.2 Å². The van der Waals surface area contributed by atoms with Gasteiger partial charge in [-0.2, -0.15) is 0 Å². The zero-order chi connectivity index (χ0) is 15.4. The summed E-state index contributed by atoms with van der Waals surface area (Å²) in [5, 5.41) is 5.20. The number of benzene rings is 1. The van der Waals surface area contributed by atoms with Gasteiger partial charge >= 0.3 is 0 Å². The van der Waals surface area contributed by atoms with Gasteiger partial charge in [0, 0.05) is 24.0 Å². The molecule has 1 aromatic carbocycles. The third-order valence-corrected chi connectivity index (χ3v) is 5.33. The molecule has 1 aliphatic rings. The maximum absolute atomic E-state index is 12.1. The second-order valence-electron chi connectivity index (χ2n) is 5.78. The summed E-state index contributed by atoms with van der Waals surface area (Å²) in [6, 6.07) is 12.8. The summed E-state index contributed by atoms with van der Waals surface area (Å²) in [5.74, 6) is 0.126. The van der Waals surface area contributed by atoms with Crippen molar-refractivity contribution < 1.29 is 4.79 Å². The van der Waals surface area contributed by atoms with Gasteiger partial charge in [0.05, 0.1) is 6.54 Å². The van der Waals surface area contributed by atoms with E-state index in [2.05, 4.69) is 40.7 Å². The maximum atomic E-state index is 12.1. The van der Waals surface area contributed by atoms with E-state index in [-0.39, 0.29) is 5.91 Å². The van der Waals surface area contributed by atoms with Crippen molar-refractivity contribution >= 4 is 17.2 Å². The smallest absolute Gasteiger partial charge is 0.234 e. The maximum Gasteiger partial charge on any atom is 0.234 e. The molecule has 3 rings (SSSR count). The number of hydrogen-bond donors (Lipinski definition) is 1. The number of nitrogens with zero attached hydrogens (tertiary/aromatic N) is 1. The van der Waals surface area contributed by atoms with Crippen LogP contribution < -0.4 is 5.32 Å². The molecule has 1 aliphatic heterocycles. The summed E-state index contributed by atoms with van der Waals surface area (Å²) in [4.78, 5) is 15.9. The van der Waals surface area contributed by atoms with Gasteiger partial charge in [0.15, 0.2) is 0 Å².